The molecule has 4 unspecified atom stereocenters. The van der Waals surface area contributed by atoms with E-state index in [0.29, 0.717) is 0 Å². The third-order valence-corrected chi connectivity index (χ3v) is 9.30. The Kier molecular flexibility index (Phi) is 1.99. The van der Waals surface area contributed by atoms with Crippen molar-refractivity contribution in [3.8, 4) is 0 Å². The highest BCUT2D eigenvalue weighted by atomic mass is 16.5. The first kappa shape index (κ1) is 12.2. The van der Waals surface area contributed by atoms with E-state index in [4.69, 9.17) is 9.47 Å². The van der Waals surface area contributed by atoms with E-state index in [2.05, 4.69) is 9.80 Å². The molecule has 6 saturated carbocycles. The van der Waals surface area contributed by atoms with Crippen molar-refractivity contribution in [3.63, 3.8) is 0 Å². The van der Waals surface area contributed by atoms with Gasteiger partial charge in [-0.25, -0.2) is 0 Å². The van der Waals surface area contributed by atoms with Gasteiger partial charge in [-0.2, -0.15) is 0 Å². The van der Waals surface area contributed by atoms with E-state index < -0.39 is 0 Å². The minimum atomic E-state index is 0.761. The first-order chi connectivity index (χ1) is 10.9. The molecule has 22 heavy (non-hydrogen) atoms. The van der Waals surface area contributed by atoms with E-state index in [1.165, 1.54) is 51.1 Å². The van der Waals surface area contributed by atoms with E-state index in [-0.39, 0.29) is 0 Å². The summed E-state index contributed by atoms with van der Waals surface area (Å²) in [6.07, 6.45) is 0. The third kappa shape index (κ3) is 0.934. The Bertz CT molecular complexity index is 471. The van der Waals surface area contributed by atoms with Crippen LogP contribution in [0.25, 0.3) is 0 Å². The van der Waals surface area contributed by atoms with Crippen molar-refractivity contribution >= 4 is 0 Å². The van der Waals surface area contributed by atoms with Gasteiger partial charge in [-0.05, 0) is 46.3 Å². The number of hydrogen-bond donors (Lipinski definition) is 0. The molecular formula is C18H26N2O2. The molecule has 4 atom stereocenters. The summed E-state index contributed by atoms with van der Waals surface area (Å²) in [6.45, 7) is 11.4. The van der Waals surface area contributed by atoms with Gasteiger partial charge in [-0.3, -0.25) is 9.80 Å². The molecule has 0 aromatic heterocycles. The molecule has 2 aliphatic heterocycles. The normalized spacial score (nSPS) is 63.8. The van der Waals surface area contributed by atoms with E-state index in [0.717, 1.165) is 60.9 Å². The molecule has 0 bridgehead atoms. The predicted octanol–water partition coefficient (Wildman–Crippen LogP) is 0.389. The van der Waals surface area contributed by atoms with Crippen molar-refractivity contribution in [1.29, 1.82) is 0 Å². The van der Waals surface area contributed by atoms with Gasteiger partial charge in [-0.1, -0.05) is 0 Å². The molecule has 4 heteroatoms. The molecule has 0 amide bonds. The number of morpholine rings is 2. The molecule has 8 fully saturated rings. The molecule has 0 radical (unpaired) electrons. The van der Waals surface area contributed by atoms with Crippen molar-refractivity contribution in [2.75, 3.05) is 65.7 Å². The Morgan fingerprint density at radius 2 is 1.00 bits per heavy atom. The number of hydrogen-bond acceptors (Lipinski definition) is 4. The van der Waals surface area contributed by atoms with Crippen molar-refractivity contribution in [2.45, 2.75) is 0 Å². The van der Waals surface area contributed by atoms with Crippen LogP contribution in [-0.4, -0.2) is 75.5 Å². The van der Waals surface area contributed by atoms with Gasteiger partial charge < -0.3 is 9.47 Å². The minimum Gasteiger partial charge on any atom is -0.379 e. The molecule has 0 spiro atoms. The maximum Gasteiger partial charge on any atom is 0.0594 e. The van der Waals surface area contributed by atoms with Gasteiger partial charge in [0.2, 0.25) is 0 Å². The molecule has 120 valence electrons. The van der Waals surface area contributed by atoms with Gasteiger partial charge in [0.05, 0.1) is 26.4 Å². The highest BCUT2D eigenvalue weighted by Gasteiger charge is 3.09. The monoisotopic (exact) mass is 302 g/mol. The van der Waals surface area contributed by atoms with Crippen molar-refractivity contribution < 1.29 is 9.47 Å². The largest absolute Gasteiger partial charge is 0.379 e. The number of ether oxygens (including phenoxy) is 2. The van der Waals surface area contributed by atoms with Crippen LogP contribution < -0.4 is 0 Å². The van der Waals surface area contributed by atoms with Crippen molar-refractivity contribution in [1.82, 2.24) is 9.80 Å². The van der Waals surface area contributed by atoms with Crippen LogP contribution in [0.2, 0.25) is 0 Å². The average Bonchev–Trinajstić information content (AvgIpc) is 2.57. The van der Waals surface area contributed by atoms with Crippen molar-refractivity contribution in [3.05, 3.63) is 0 Å². The van der Waals surface area contributed by atoms with Crippen LogP contribution in [0.3, 0.4) is 0 Å². The molecule has 6 aliphatic carbocycles. The van der Waals surface area contributed by atoms with Crippen molar-refractivity contribution in [2.24, 2.45) is 46.3 Å². The lowest BCUT2D eigenvalue weighted by Gasteiger charge is -3.12. The van der Waals surface area contributed by atoms with E-state index >= 15 is 0 Å². The second-order valence-electron chi connectivity index (χ2n) is 9.12. The summed E-state index contributed by atoms with van der Waals surface area (Å²) >= 11 is 0. The molecule has 0 aromatic rings. The van der Waals surface area contributed by atoms with Gasteiger partial charge in [-0.15, -0.1) is 0 Å². The fourth-order valence-corrected chi connectivity index (χ4v) is 8.96. The fourth-order valence-electron chi connectivity index (χ4n) is 8.96. The minimum absolute atomic E-state index is 0.761. The summed E-state index contributed by atoms with van der Waals surface area (Å²) in [6, 6.07) is 0. The molecule has 2 saturated heterocycles. The molecule has 4 nitrogen and oxygen atoms in total. The summed E-state index contributed by atoms with van der Waals surface area (Å²) in [5.74, 6) is 6.99. The molecular weight excluding hydrogens is 276 g/mol. The summed E-state index contributed by atoms with van der Waals surface area (Å²) in [5.41, 5.74) is 1.52. The molecule has 0 N–H and O–H groups in total. The first-order valence-electron chi connectivity index (χ1n) is 9.50. The van der Waals surface area contributed by atoms with Gasteiger partial charge in [0.15, 0.2) is 0 Å². The van der Waals surface area contributed by atoms with Crippen LogP contribution in [0.1, 0.15) is 0 Å². The second-order valence-corrected chi connectivity index (χ2v) is 9.12. The average molecular weight is 302 g/mol. The Hall–Kier alpha value is -0.160. The summed E-state index contributed by atoms with van der Waals surface area (Å²) in [5, 5.41) is 0. The molecule has 2 heterocycles. The quantitative estimate of drug-likeness (QED) is 0.750. The standard InChI is InChI=1S/C18H26N2O2/c1-5-21-6-2-19(1)9-17-13-11-12-15(13)18(17,16(12)14(11)17)10-20-3-7-22-8-4-20/h11-16H,1-10H2. The van der Waals surface area contributed by atoms with Gasteiger partial charge in [0, 0.05) is 39.3 Å². The number of nitrogens with zero attached hydrogens (tertiary/aromatic N) is 2. The zero-order chi connectivity index (χ0) is 14.1. The van der Waals surface area contributed by atoms with E-state index in [1.807, 2.05) is 0 Å². The SMILES string of the molecule is C1CN(CC23C4C5C6C4C2(CN2CCOCC2)C6C53)CCO1. The molecule has 8 rings (SSSR count). The van der Waals surface area contributed by atoms with E-state index in [9.17, 15) is 0 Å². The van der Waals surface area contributed by atoms with Gasteiger partial charge >= 0.3 is 0 Å². The Morgan fingerprint density at radius 1 is 0.636 bits per heavy atom. The summed E-state index contributed by atoms with van der Waals surface area (Å²) in [7, 11) is 0. The van der Waals surface area contributed by atoms with E-state index in [1.54, 1.807) is 0 Å². The Balaban J connectivity index is 1.16. The lowest BCUT2D eigenvalue weighted by molar-refractivity contribution is -0.662. The highest BCUT2D eigenvalue weighted by Crippen LogP contribution is 3.10. The summed E-state index contributed by atoms with van der Waals surface area (Å²) in [4.78, 5) is 5.48. The van der Waals surface area contributed by atoms with Crippen LogP contribution in [0.5, 0.6) is 0 Å². The second kappa shape index (κ2) is 3.58. The highest BCUT2D eigenvalue weighted by molar-refractivity contribution is 5.56. The smallest absolute Gasteiger partial charge is 0.0594 e. The number of rotatable bonds is 4. The lowest BCUT2D eigenvalue weighted by atomic mass is 8.92. The van der Waals surface area contributed by atoms with Crippen LogP contribution in [0.4, 0.5) is 0 Å². The fraction of sp³-hybridized carbons (Fsp3) is 1.00. The van der Waals surface area contributed by atoms with Crippen LogP contribution in [0.15, 0.2) is 0 Å². The topological polar surface area (TPSA) is 24.9 Å². The van der Waals surface area contributed by atoms with Gasteiger partial charge in [0.25, 0.3) is 0 Å². The predicted molar refractivity (Wildman–Crippen MR) is 80.3 cm³/mol. The Morgan fingerprint density at radius 3 is 1.36 bits per heavy atom. The zero-order valence-corrected chi connectivity index (χ0v) is 13.2. The van der Waals surface area contributed by atoms with Crippen LogP contribution in [-0.2, 0) is 9.47 Å². The third-order valence-electron chi connectivity index (χ3n) is 9.30. The Labute approximate surface area is 132 Å². The first-order valence-corrected chi connectivity index (χ1v) is 9.50. The zero-order valence-electron chi connectivity index (χ0n) is 13.2. The van der Waals surface area contributed by atoms with Crippen LogP contribution in [0, 0.1) is 46.3 Å². The molecule has 8 aliphatic rings. The lowest BCUT2D eigenvalue weighted by Crippen LogP contribution is -3.12. The van der Waals surface area contributed by atoms with Gasteiger partial charge in [0.1, 0.15) is 0 Å². The summed E-state index contributed by atoms with van der Waals surface area (Å²) < 4.78 is 11.1. The molecule has 0 aromatic carbocycles. The maximum absolute atomic E-state index is 5.57. The maximum atomic E-state index is 5.57. The van der Waals surface area contributed by atoms with Crippen LogP contribution >= 0.6 is 0 Å².